The van der Waals surface area contributed by atoms with Crippen LogP contribution in [0.3, 0.4) is 0 Å². The maximum absolute atomic E-state index is 11.8. The van der Waals surface area contributed by atoms with Crippen LogP contribution in [0.2, 0.25) is 0 Å². The Morgan fingerprint density at radius 1 is 1.18 bits per heavy atom. The first kappa shape index (κ1) is 12.4. The first-order valence-corrected chi connectivity index (χ1v) is 6.68. The maximum atomic E-state index is 11.8. The Kier molecular flexibility index (Phi) is 4.02. The number of amides is 1. The van der Waals surface area contributed by atoms with Crippen molar-refractivity contribution >= 4 is 11.9 Å². The van der Waals surface area contributed by atoms with Gasteiger partial charge in [0.2, 0.25) is 0 Å². The molecule has 2 unspecified atom stereocenters. The number of rotatable bonds is 1. The highest BCUT2D eigenvalue weighted by molar-refractivity contribution is 6.32. The van der Waals surface area contributed by atoms with E-state index in [9.17, 15) is 9.59 Å². The molecule has 2 fully saturated rings. The van der Waals surface area contributed by atoms with E-state index in [-0.39, 0.29) is 6.61 Å². The van der Waals surface area contributed by atoms with E-state index < -0.39 is 11.9 Å². The van der Waals surface area contributed by atoms with Gasteiger partial charge in [0, 0.05) is 13.1 Å². The van der Waals surface area contributed by atoms with Crippen molar-refractivity contribution in [1.82, 2.24) is 4.90 Å². The Balaban J connectivity index is 1.90. The molecule has 1 amide bonds. The van der Waals surface area contributed by atoms with Crippen LogP contribution in [0.4, 0.5) is 0 Å². The van der Waals surface area contributed by atoms with Crippen molar-refractivity contribution in [2.24, 2.45) is 11.8 Å². The minimum atomic E-state index is -0.693. The van der Waals surface area contributed by atoms with Crippen molar-refractivity contribution in [3.8, 4) is 0 Å². The summed E-state index contributed by atoms with van der Waals surface area (Å²) in [4.78, 5) is 24.9. The Hall–Kier alpha value is -1.06. The monoisotopic (exact) mass is 239 g/mol. The van der Waals surface area contributed by atoms with Gasteiger partial charge in [0.05, 0.1) is 6.61 Å². The van der Waals surface area contributed by atoms with Crippen LogP contribution >= 0.6 is 0 Å². The molecule has 4 nitrogen and oxygen atoms in total. The molecule has 2 aliphatic rings. The lowest BCUT2D eigenvalue weighted by Gasteiger charge is -2.40. The summed E-state index contributed by atoms with van der Waals surface area (Å²) < 4.78 is 4.76. The summed E-state index contributed by atoms with van der Waals surface area (Å²) in [6.45, 7) is 3.46. The molecule has 0 aromatic rings. The second-order valence-electron chi connectivity index (χ2n) is 5.06. The van der Waals surface area contributed by atoms with Crippen molar-refractivity contribution < 1.29 is 14.3 Å². The summed E-state index contributed by atoms with van der Waals surface area (Å²) >= 11 is 0. The zero-order chi connectivity index (χ0) is 12.3. The zero-order valence-electron chi connectivity index (χ0n) is 10.5. The quantitative estimate of drug-likeness (QED) is 0.515. The molecule has 0 aromatic carbocycles. The Morgan fingerprint density at radius 2 is 1.88 bits per heavy atom. The standard InChI is InChI=1S/C13H21NO3/c1-2-17-13(16)12(15)14-8-7-10-5-3-4-6-11(10)9-14/h10-11H,2-9H2,1H3. The van der Waals surface area contributed by atoms with Gasteiger partial charge in [-0.1, -0.05) is 19.3 Å². The van der Waals surface area contributed by atoms with E-state index in [1.807, 2.05) is 0 Å². The van der Waals surface area contributed by atoms with Crippen molar-refractivity contribution in [3.05, 3.63) is 0 Å². The number of hydrogen-bond donors (Lipinski definition) is 0. The van der Waals surface area contributed by atoms with Gasteiger partial charge in [-0.2, -0.15) is 0 Å². The molecule has 0 aromatic heterocycles. The topological polar surface area (TPSA) is 46.6 Å². The highest BCUT2D eigenvalue weighted by Crippen LogP contribution is 2.35. The van der Waals surface area contributed by atoms with E-state index in [0.717, 1.165) is 25.4 Å². The molecule has 96 valence electrons. The van der Waals surface area contributed by atoms with E-state index in [1.165, 1.54) is 25.7 Å². The second kappa shape index (κ2) is 5.52. The van der Waals surface area contributed by atoms with E-state index in [0.29, 0.717) is 5.92 Å². The fourth-order valence-electron chi connectivity index (χ4n) is 3.11. The summed E-state index contributed by atoms with van der Waals surface area (Å²) in [7, 11) is 0. The molecule has 1 aliphatic carbocycles. The average Bonchev–Trinajstić information content (AvgIpc) is 2.37. The molecule has 1 heterocycles. The van der Waals surface area contributed by atoms with Crippen molar-refractivity contribution in [3.63, 3.8) is 0 Å². The second-order valence-corrected chi connectivity index (χ2v) is 5.06. The number of hydrogen-bond acceptors (Lipinski definition) is 3. The number of carbonyl (C=O) groups is 2. The molecule has 1 saturated carbocycles. The van der Waals surface area contributed by atoms with Gasteiger partial charge in [-0.05, 0) is 31.6 Å². The minimum Gasteiger partial charge on any atom is -0.459 e. The molecule has 4 heteroatoms. The van der Waals surface area contributed by atoms with Crippen LogP contribution in [0, 0.1) is 11.8 Å². The van der Waals surface area contributed by atoms with Gasteiger partial charge in [-0.25, -0.2) is 4.79 Å². The summed E-state index contributed by atoms with van der Waals surface area (Å²) in [5.41, 5.74) is 0. The number of piperidine rings is 1. The number of nitrogens with zero attached hydrogens (tertiary/aromatic N) is 1. The van der Waals surface area contributed by atoms with Gasteiger partial charge in [0.25, 0.3) is 0 Å². The third-order valence-electron chi connectivity index (χ3n) is 4.03. The minimum absolute atomic E-state index is 0.268. The number of ether oxygens (including phenoxy) is 1. The van der Waals surface area contributed by atoms with E-state index in [4.69, 9.17) is 4.74 Å². The Bertz CT molecular complexity index is 303. The van der Waals surface area contributed by atoms with Crippen LogP contribution in [0.1, 0.15) is 39.0 Å². The lowest BCUT2D eigenvalue weighted by Crippen LogP contribution is -2.47. The van der Waals surface area contributed by atoms with Crippen LogP contribution in [0.15, 0.2) is 0 Å². The highest BCUT2D eigenvalue weighted by atomic mass is 16.5. The predicted octanol–water partition coefficient (Wildman–Crippen LogP) is 1.59. The molecule has 1 aliphatic heterocycles. The molecule has 1 saturated heterocycles. The first-order chi connectivity index (χ1) is 8.22. The molecule has 0 radical (unpaired) electrons. The van der Waals surface area contributed by atoms with E-state index in [1.54, 1.807) is 11.8 Å². The van der Waals surface area contributed by atoms with Gasteiger partial charge >= 0.3 is 11.9 Å². The van der Waals surface area contributed by atoms with Crippen LogP contribution in [0.5, 0.6) is 0 Å². The summed E-state index contributed by atoms with van der Waals surface area (Å²) in [5, 5.41) is 0. The number of likely N-dealkylation sites (tertiary alicyclic amines) is 1. The van der Waals surface area contributed by atoms with Crippen LogP contribution in [-0.4, -0.2) is 36.5 Å². The number of esters is 1. The molecular weight excluding hydrogens is 218 g/mol. The van der Waals surface area contributed by atoms with Gasteiger partial charge in [0.15, 0.2) is 0 Å². The molecule has 2 rings (SSSR count). The number of fused-ring (bicyclic) bond motifs is 1. The molecular formula is C13H21NO3. The largest absolute Gasteiger partial charge is 0.459 e. The summed E-state index contributed by atoms with van der Waals surface area (Å²) in [5.74, 6) is 0.239. The smallest absolute Gasteiger partial charge is 0.397 e. The van der Waals surface area contributed by atoms with Gasteiger partial charge < -0.3 is 9.64 Å². The van der Waals surface area contributed by atoms with E-state index >= 15 is 0 Å². The van der Waals surface area contributed by atoms with Crippen molar-refractivity contribution in [2.75, 3.05) is 19.7 Å². The average molecular weight is 239 g/mol. The number of carbonyl (C=O) groups excluding carboxylic acids is 2. The Morgan fingerprint density at radius 3 is 2.59 bits per heavy atom. The summed E-state index contributed by atoms with van der Waals surface area (Å²) in [6.07, 6.45) is 6.15. The SMILES string of the molecule is CCOC(=O)C(=O)N1CCC2CCCCC2C1. The fourth-order valence-corrected chi connectivity index (χ4v) is 3.11. The zero-order valence-corrected chi connectivity index (χ0v) is 10.5. The van der Waals surface area contributed by atoms with Crippen LogP contribution in [-0.2, 0) is 14.3 Å². The molecule has 0 bridgehead atoms. The molecule has 0 N–H and O–H groups in total. The highest BCUT2D eigenvalue weighted by Gasteiger charge is 2.35. The van der Waals surface area contributed by atoms with Crippen molar-refractivity contribution in [2.45, 2.75) is 39.0 Å². The van der Waals surface area contributed by atoms with Crippen LogP contribution < -0.4 is 0 Å². The maximum Gasteiger partial charge on any atom is 0.397 e. The lowest BCUT2D eigenvalue weighted by atomic mass is 9.75. The van der Waals surface area contributed by atoms with Gasteiger partial charge in [0.1, 0.15) is 0 Å². The molecule has 0 spiro atoms. The lowest BCUT2D eigenvalue weighted by molar-refractivity contribution is -0.161. The van der Waals surface area contributed by atoms with E-state index in [2.05, 4.69) is 0 Å². The first-order valence-electron chi connectivity index (χ1n) is 6.68. The van der Waals surface area contributed by atoms with Gasteiger partial charge in [-0.3, -0.25) is 4.79 Å². The Labute approximate surface area is 102 Å². The van der Waals surface area contributed by atoms with Gasteiger partial charge in [-0.15, -0.1) is 0 Å². The normalized spacial score (nSPS) is 28.4. The third kappa shape index (κ3) is 2.79. The summed E-state index contributed by atoms with van der Waals surface area (Å²) in [6, 6.07) is 0. The fraction of sp³-hybridized carbons (Fsp3) is 0.846. The molecule has 17 heavy (non-hydrogen) atoms. The van der Waals surface area contributed by atoms with Crippen molar-refractivity contribution in [1.29, 1.82) is 0 Å². The third-order valence-corrected chi connectivity index (χ3v) is 4.03. The van der Waals surface area contributed by atoms with Crippen LogP contribution in [0.25, 0.3) is 0 Å². The predicted molar refractivity (Wildman–Crippen MR) is 63.3 cm³/mol. The molecule has 2 atom stereocenters.